The molecule has 0 fully saturated rings. The number of aromatic nitrogens is 4. The van der Waals surface area contributed by atoms with Gasteiger partial charge in [-0.1, -0.05) is 11.8 Å². The number of halogens is 2. The van der Waals surface area contributed by atoms with E-state index < -0.39 is 17.5 Å². The Morgan fingerprint density at radius 2 is 1.91 bits per heavy atom. The van der Waals surface area contributed by atoms with Gasteiger partial charge >= 0.3 is 0 Å². The maximum absolute atomic E-state index is 13.0. The molecule has 0 unspecified atom stereocenters. The Morgan fingerprint density at radius 3 is 2.50 bits per heavy atom. The van der Waals surface area contributed by atoms with Crippen LogP contribution in [0.25, 0.3) is 0 Å². The average Bonchev–Trinajstić information content (AvgIpc) is 2.83. The fourth-order valence-corrected chi connectivity index (χ4v) is 2.50. The molecule has 0 saturated heterocycles. The lowest BCUT2D eigenvalue weighted by molar-refractivity contribution is -0.113. The summed E-state index contributed by atoms with van der Waals surface area (Å²) >= 11 is 1.14. The second-order valence-electron chi connectivity index (χ2n) is 5.54. The number of carbonyl (C=O) groups is 1. The van der Waals surface area contributed by atoms with Gasteiger partial charge in [0.15, 0.2) is 0 Å². The summed E-state index contributed by atoms with van der Waals surface area (Å²) in [5.41, 5.74) is -0.243. The van der Waals surface area contributed by atoms with Crippen molar-refractivity contribution in [2.75, 3.05) is 11.1 Å². The normalized spacial score (nSPS) is 11.5. The van der Waals surface area contributed by atoms with Crippen molar-refractivity contribution in [3.8, 4) is 0 Å². The summed E-state index contributed by atoms with van der Waals surface area (Å²) in [5, 5.41) is 14.2. The zero-order valence-electron chi connectivity index (χ0n) is 12.3. The first-order valence-electron chi connectivity index (χ1n) is 6.43. The van der Waals surface area contributed by atoms with Crippen LogP contribution in [0.3, 0.4) is 0 Å². The van der Waals surface area contributed by atoms with Crippen LogP contribution in [0, 0.1) is 11.6 Å². The van der Waals surface area contributed by atoms with E-state index in [0.717, 1.165) is 30.0 Å². The maximum atomic E-state index is 13.0. The summed E-state index contributed by atoms with van der Waals surface area (Å²) in [5.74, 6) is -1.88. The quantitative estimate of drug-likeness (QED) is 0.873. The number of tetrazole rings is 1. The Kier molecular flexibility index (Phi) is 4.74. The lowest BCUT2D eigenvalue weighted by Crippen LogP contribution is -2.24. The van der Waals surface area contributed by atoms with Gasteiger partial charge in [0.25, 0.3) is 0 Å². The van der Waals surface area contributed by atoms with Crippen LogP contribution in [0.5, 0.6) is 0 Å². The third-order valence-corrected chi connectivity index (χ3v) is 3.47. The number of nitrogens with one attached hydrogen (secondary N) is 1. The minimum Gasteiger partial charge on any atom is -0.325 e. The van der Waals surface area contributed by atoms with E-state index in [0.29, 0.717) is 5.16 Å². The van der Waals surface area contributed by atoms with Crippen molar-refractivity contribution in [1.29, 1.82) is 0 Å². The molecule has 22 heavy (non-hydrogen) atoms. The van der Waals surface area contributed by atoms with Gasteiger partial charge in [0.05, 0.1) is 11.3 Å². The minimum absolute atomic E-state index is 0.0224. The number of carbonyl (C=O) groups excluding carboxylic acids is 1. The summed E-state index contributed by atoms with van der Waals surface area (Å²) in [6.07, 6.45) is 0. The number of hydrogen-bond acceptors (Lipinski definition) is 5. The second kappa shape index (κ2) is 6.39. The fourth-order valence-electron chi connectivity index (χ4n) is 1.64. The van der Waals surface area contributed by atoms with E-state index >= 15 is 0 Å². The van der Waals surface area contributed by atoms with Crippen molar-refractivity contribution < 1.29 is 13.6 Å². The molecule has 9 heteroatoms. The van der Waals surface area contributed by atoms with Gasteiger partial charge in [-0.15, -0.1) is 5.10 Å². The molecule has 1 aromatic heterocycles. The van der Waals surface area contributed by atoms with Gasteiger partial charge in [-0.25, -0.2) is 13.5 Å². The van der Waals surface area contributed by atoms with Gasteiger partial charge in [0, 0.05) is 11.8 Å². The van der Waals surface area contributed by atoms with Gasteiger partial charge in [0.2, 0.25) is 11.1 Å². The number of anilines is 1. The van der Waals surface area contributed by atoms with E-state index in [4.69, 9.17) is 0 Å². The molecular weight excluding hydrogens is 312 g/mol. The molecule has 1 N–H and O–H groups in total. The Hall–Kier alpha value is -2.03. The molecular formula is C13H15F2N5OS. The van der Waals surface area contributed by atoms with Crippen molar-refractivity contribution in [2.45, 2.75) is 31.5 Å². The summed E-state index contributed by atoms with van der Waals surface area (Å²) < 4.78 is 27.7. The molecule has 1 amide bonds. The highest BCUT2D eigenvalue weighted by Gasteiger charge is 2.20. The third kappa shape index (κ3) is 4.23. The topological polar surface area (TPSA) is 72.7 Å². The summed E-state index contributed by atoms with van der Waals surface area (Å²) in [4.78, 5) is 11.8. The molecule has 0 radical (unpaired) electrons. The lowest BCUT2D eigenvalue weighted by Gasteiger charge is -2.19. The summed E-state index contributed by atoms with van der Waals surface area (Å²) in [7, 11) is 0. The van der Waals surface area contributed by atoms with Crippen LogP contribution in [0.1, 0.15) is 20.8 Å². The largest absolute Gasteiger partial charge is 0.325 e. The Morgan fingerprint density at radius 1 is 1.27 bits per heavy atom. The first-order chi connectivity index (χ1) is 10.3. The van der Waals surface area contributed by atoms with Crippen LogP contribution in [0.15, 0.2) is 23.4 Å². The van der Waals surface area contributed by atoms with Gasteiger partial charge in [-0.3, -0.25) is 4.79 Å². The number of nitrogens with zero attached hydrogens (tertiary/aromatic N) is 4. The predicted octanol–water partition coefficient (Wildman–Crippen LogP) is 2.44. The molecule has 2 rings (SSSR count). The SMILES string of the molecule is CC(C)(C)n1nnnc1SCC(=O)Nc1cc(F)cc(F)c1. The zero-order valence-corrected chi connectivity index (χ0v) is 13.1. The highest BCUT2D eigenvalue weighted by molar-refractivity contribution is 7.99. The number of amides is 1. The lowest BCUT2D eigenvalue weighted by atomic mass is 10.1. The fraction of sp³-hybridized carbons (Fsp3) is 0.385. The highest BCUT2D eigenvalue weighted by atomic mass is 32.2. The van der Waals surface area contributed by atoms with E-state index in [2.05, 4.69) is 20.8 Å². The summed E-state index contributed by atoms with van der Waals surface area (Å²) in [6, 6.07) is 2.83. The summed E-state index contributed by atoms with van der Waals surface area (Å²) in [6.45, 7) is 5.80. The number of benzene rings is 1. The van der Waals surface area contributed by atoms with Gasteiger partial charge < -0.3 is 5.32 Å². The molecule has 0 aliphatic carbocycles. The van der Waals surface area contributed by atoms with Crippen molar-refractivity contribution in [3.05, 3.63) is 29.8 Å². The molecule has 1 heterocycles. The van der Waals surface area contributed by atoms with E-state index in [9.17, 15) is 13.6 Å². The molecule has 2 aromatic rings. The molecule has 0 spiro atoms. The van der Waals surface area contributed by atoms with E-state index in [-0.39, 0.29) is 17.0 Å². The highest BCUT2D eigenvalue weighted by Crippen LogP contribution is 2.21. The van der Waals surface area contributed by atoms with E-state index in [1.165, 1.54) is 0 Å². The number of hydrogen-bond donors (Lipinski definition) is 1. The Balaban J connectivity index is 1.98. The van der Waals surface area contributed by atoms with Crippen molar-refractivity contribution in [1.82, 2.24) is 20.2 Å². The molecule has 0 saturated carbocycles. The third-order valence-electron chi connectivity index (χ3n) is 2.55. The zero-order chi connectivity index (χ0) is 16.3. The van der Waals surface area contributed by atoms with Crippen LogP contribution in [0.4, 0.5) is 14.5 Å². The Bertz CT molecular complexity index is 663. The van der Waals surface area contributed by atoms with Crippen LogP contribution in [0.2, 0.25) is 0 Å². The molecule has 0 aliphatic heterocycles. The van der Waals surface area contributed by atoms with Crippen molar-refractivity contribution in [2.24, 2.45) is 0 Å². The van der Waals surface area contributed by atoms with Crippen molar-refractivity contribution in [3.63, 3.8) is 0 Å². The first kappa shape index (κ1) is 16.3. The Labute approximate surface area is 130 Å². The average molecular weight is 327 g/mol. The molecule has 6 nitrogen and oxygen atoms in total. The van der Waals surface area contributed by atoms with Gasteiger partial charge in [-0.05, 0) is 43.3 Å². The smallest absolute Gasteiger partial charge is 0.234 e. The van der Waals surface area contributed by atoms with Gasteiger partial charge in [0.1, 0.15) is 11.6 Å². The minimum atomic E-state index is -0.750. The first-order valence-corrected chi connectivity index (χ1v) is 7.42. The van der Waals surface area contributed by atoms with Crippen LogP contribution in [-0.4, -0.2) is 31.9 Å². The number of thioether (sulfide) groups is 1. The maximum Gasteiger partial charge on any atom is 0.234 e. The van der Waals surface area contributed by atoms with Gasteiger partial charge in [-0.2, -0.15) is 0 Å². The van der Waals surface area contributed by atoms with Crippen LogP contribution in [-0.2, 0) is 10.3 Å². The standard InChI is InChI=1S/C13H15F2N5OS/c1-13(2,3)20-12(17-18-19-20)22-7-11(21)16-10-5-8(14)4-9(15)6-10/h4-6H,7H2,1-3H3,(H,16,21). The number of rotatable bonds is 4. The molecule has 0 aliphatic rings. The molecule has 0 bridgehead atoms. The van der Waals surface area contributed by atoms with E-state index in [1.807, 2.05) is 20.8 Å². The molecule has 1 aromatic carbocycles. The van der Waals surface area contributed by atoms with Crippen molar-refractivity contribution >= 4 is 23.4 Å². The molecule has 0 atom stereocenters. The van der Waals surface area contributed by atoms with Crippen LogP contribution >= 0.6 is 11.8 Å². The van der Waals surface area contributed by atoms with Crippen LogP contribution < -0.4 is 5.32 Å². The second-order valence-corrected chi connectivity index (χ2v) is 6.48. The monoisotopic (exact) mass is 327 g/mol. The predicted molar refractivity (Wildman–Crippen MR) is 78.5 cm³/mol. The van der Waals surface area contributed by atoms with E-state index in [1.54, 1.807) is 4.68 Å². The molecule has 118 valence electrons.